The van der Waals surface area contributed by atoms with E-state index in [1.807, 2.05) is 11.8 Å². The first-order valence-electron chi connectivity index (χ1n) is 6.95. The van der Waals surface area contributed by atoms with E-state index < -0.39 is 11.6 Å². The highest BCUT2D eigenvalue weighted by molar-refractivity contribution is 8.00. The van der Waals surface area contributed by atoms with Gasteiger partial charge in [0.1, 0.15) is 11.6 Å². The highest BCUT2D eigenvalue weighted by Crippen LogP contribution is 2.29. The molecular formula is C15H21F2N3S. The molecule has 21 heavy (non-hydrogen) atoms. The average Bonchev–Trinajstić information content (AvgIpc) is 2.42. The maximum atomic E-state index is 13.6. The second-order valence-corrected chi connectivity index (χ2v) is 7.47. The van der Waals surface area contributed by atoms with E-state index in [2.05, 4.69) is 29.1 Å². The summed E-state index contributed by atoms with van der Waals surface area (Å²) in [7, 11) is 1.71. The SMILES string of the molecule is CN=C(NCc1cc(F)ccc1F)N1CCSC(C)(C)C1. The minimum absolute atomic E-state index is 0.167. The van der Waals surface area contributed by atoms with Crippen molar-refractivity contribution in [2.75, 3.05) is 25.9 Å². The number of thioether (sulfide) groups is 1. The number of nitrogens with zero attached hydrogens (tertiary/aromatic N) is 2. The summed E-state index contributed by atoms with van der Waals surface area (Å²) in [6, 6.07) is 3.49. The van der Waals surface area contributed by atoms with Crippen LogP contribution in [-0.2, 0) is 6.54 Å². The molecule has 2 rings (SSSR count). The fourth-order valence-corrected chi connectivity index (χ4v) is 3.49. The third kappa shape index (κ3) is 4.33. The predicted molar refractivity (Wildman–Crippen MR) is 84.7 cm³/mol. The number of nitrogens with one attached hydrogen (secondary N) is 1. The zero-order chi connectivity index (χ0) is 15.5. The lowest BCUT2D eigenvalue weighted by molar-refractivity contribution is 0.375. The van der Waals surface area contributed by atoms with Crippen LogP contribution in [0.4, 0.5) is 8.78 Å². The molecule has 3 nitrogen and oxygen atoms in total. The number of hydrogen-bond acceptors (Lipinski definition) is 2. The Kier molecular flexibility index (Phi) is 5.08. The molecule has 0 atom stereocenters. The zero-order valence-corrected chi connectivity index (χ0v) is 13.4. The minimum Gasteiger partial charge on any atom is -0.352 e. The van der Waals surface area contributed by atoms with E-state index in [9.17, 15) is 8.78 Å². The molecule has 0 amide bonds. The van der Waals surface area contributed by atoms with Crippen molar-refractivity contribution in [2.45, 2.75) is 25.1 Å². The molecule has 1 saturated heterocycles. The van der Waals surface area contributed by atoms with Gasteiger partial charge in [0, 0.05) is 42.7 Å². The van der Waals surface area contributed by atoms with Crippen molar-refractivity contribution in [1.82, 2.24) is 10.2 Å². The normalized spacial score (nSPS) is 18.7. The van der Waals surface area contributed by atoms with Gasteiger partial charge >= 0.3 is 0 Å². The molecule has 1 aromatic carbocycles. The van der Waals surface area contributed by atoms with Crippen LogP contribution >= 0.6 is 11.8 Å². The van der Waals surface area contributed by atoms with E-state index in [0.29, 0.717) is 5.56 Å². The van der Waals surface area contributed by atoms with Crippen LogP contribution in [0.2, 0.25) is 0 Å². The first kappa shape index (κ1) is 16.1. The third-order valence-electron chi connectivity index (χ3n) is 3.38. The summed E-state index contributed by atoms with van der Waals surface area (Å²) in [5.74, 6) is 0.918. The van der Waals surface area contributed by atoms with Crippen LogP contribution in [0, 0.1) is 11.6 Å². The Balaban J connectivity index is 2.01. The van der Waals surface area contributed by atoms with Crippen molar-refractivity contribution in [1.29, 1.82) is 0 Å². The van der Waals surface area contributed by atoms with Crippen LogP contribution in [0.5, 0.6) is 0 Å². The quantitative estimate of drug-likeness (QED) is 0.672. The molecule has 6 heteroatoms. The average molecular weight is 313 g/mol. The number of benzene rings is 1. The van der Waals surface area contributed by atoms with E-state index in [1.165, 1.54) is 6.07 Å². The molecule has 0 aliphatic carbocycles. The fourth-order valence-electron chi connectivity index (χ4n) is 2.38. The standard InChI is InChI=1S/C15H21F2N3S/c1-15(2)10-20(6-7-21-15)14(18-3)19-9-11-8-12(16)4-5-13(11)17/h4-5,8H,6-7,9-10H2,1-3H3,(H,18,19). The predicted octanol–water partition coefficient (Wildman–Crippen LogP) is 2.87. The summed E-state index contributed by atoms with van der Waals surface area (Å²) in [6.45, 7) is 6.40. The van der Waals surface area contributed by atoms with E-state index >= 15 is 0 Å². The number of aliphatic imine (C=N–C) groups is 1. The Morgan fingerprint density at radius 3 is 2.86 bits per heavy atom. The molecule has 116 valence electrons. The maximum Gasteiger partial charge on any atom is 0.193 e. The first-order chi connectivity index (χ1) is 9.91. The van der Waals surface area contributed by atoms with E-state index in [0.717, 1.165) is 36.9 Å². The van der Waals surface area contributed by atoms with Crippen molar-refractivity contribution < 1.29 is 8.78 Å². The highest BCUT2D eigenvalue weighted by atomic mass is 32.2. The maximum absolute atomic E-state index is 13.6. The van der Waals surface area contributed by atoms with Crippen LogP contribution in [0.15, 0.2) is 23.2 Å². The van der Waals surface area contributed by atoms with Gasteiger partial charge in [-0.05, 0) is 32.0 Å². The van der Waals surface area contributed by atoms with Gasteiger partial charge in [0.05, 0.1) is 0 Å². The molecule has 0 radical (unpaired) electrons. The molecular weight excluding hydrogens is 292 g/mol. The molecule has 1 aliphatic rings. The molecule has 1 heterocycles. The molecule has 1 aliphatic heterocycles. The number of halogens is 2. The Morgan fingerprint density at radius 1 is 1.43 bits per heavy atom. The molecule has 1 fully saturated rings. The Morgan fingerprint density at radius 2 is 2.19 bits per heavy atom. The van der Waals surface area contributed by atoms with Crippen LogP contribution < -0.4 is 5.32 Å². The first-order valence-corrected chi connectivity index (χ1v) is 7.93. The van der Waals surface area contributed by atoms with Gasteiger partial charge in [0.25, 0.3) is 0 Å². The third-order valence-corrected chi connectivity index (χ3v) is 4.68. The minimum atomic E-state index is -0.432. The second kappa shape index (κ2) is 6.64. The van der Waals surface area contributed by atoms with Crippen molar-refractivity contribution in [2.24, 2.45) is 4.99 Å². The van der Waals surface area contributed by atoms with Gasteiger partial charge in [-0.2, -0.15) is 11.8 Å². The topological polar surface area (TPSA) is 27.6 Å². The monoisotopic (exact) mass is 313 g/mol. The Labute approximate surface area is 128 Å². The number of guanidine groups is 1. The smallest absolute Gasteiger partial charge is 0.193 e. The van der Waals surface area contributed by atoms with E-state index in [4.69, 9.17) is 0 Å². The number of hydrogen-bond donors (Lipinski definition) is 1. The molecule has 0 unspecified atom stereocenters. The lowest BCUT2D eigenvalue weighted by Gasteiger charge is -2.39. The van der Waals surface area contributed by atoms with Gasteiger partial charge in [-0.25, -0.2) is 8.78 Å². The lowest BCUT2D eigenvalue weighted by Crippen LogP contribution is -2.50. The fraction of sp³-hybridized carbons (Fsp3) is 0.533. The highest BCUT2D eigenvalue weighted by Gasteiger charge is 2.28. The molecule has 1 aromatic rings. The van der Waals surface area contributed by atoms with Gasteiger partial charge in [-0.15, -0.1) is 0 Å². The summed E-state index contributed by atoms with van der Waals surface area (Å²) in [6.07, 6.45) is 0. The van der Waals surface area contributed by atoms with E-state index in [-0.39, 0.29) is 11.3 Å². The van der Waals surface area contributed by atoms with Crippen LogP contribution in [0.1, 0.15) is 19.4 Å². The molecule has 0 saturated carbocycles. The summed E-state index contributed by atoms with van der Waals surface area (Å²) >= 11 is 1.94. The van der Waals surface area contributed by atoms with Crippen molar-refractivity contribution >= 4 is 17.7 Å². The largest absolute Gasteiger partial charge is 0.352 e. The molecule has 1 N–H and O–H groups in total. The molecule has 0 spiro atoms. The summed E-state index contributed by atoms with van der Waals surface area (Å²) in [4.78, 5) is 6.41. The van der Waals surface area contributed by atoms with Gasteiger partial charge in [-0.1, -0.05) is 0 Å². The summed E-state index contributed by atoms with van der Waals surface area (Å²) < 4.78 is 27.0. The Bertz CT molecular complexity index is 532. The van der Waals surface area contributed by atoms with Crippen LogP contribution in [0.25, 0.3) is 0 Å². The molecule has 0 bridgehead atoms. The van der Waals surface area contributed by atoms with Crippen molar-refractivity contribution in [3.63, 3.8) is 0 Å². The zero-order valence-electron chi connectivity index (χ0n) is 12.6. The van der Waals surface area contributed by atoms with Crippen molar-refractivity contribution in [3.8, 4) is 0 Å². The summed E-state index contributed by atoms with van der Waals surface area (Å²) in [5, 5.41) is 3.12. The summed E-state index contributed by atoms with van der Waals surface area (Å²) in [5.41, 5.74) is 0.307. The van der Waals surface area contributed by atoms with Gasteiger partial charge < -0.3 is 10.2 Å². The van der Waals surface area contributed by atoms with Gasteiger partial charge in [0.2, 0.25) is 0 Å². The van der Waals surface area contributed by atoms with E-state index in [1.54, 1.807) is 7.05 Å². The van der Waals surface area contributed by atoms with Gasteiger partial charge in [0.15, 0.2) is 5.96 Å². The lowest BCUT2D eigenvalue weighted by atomic mass is 10.2. The number of rotatable bonds is 2. The second-order valence-electron chi connectivity index (χ2n) is 5.67. The van der Waals surface area contributed by atoms with Gasteiger partial charge in [-0.3, -0.25) is 4.99 Å². The molecule has 0 aromatic heterocycles. The van der Waals surface area contributed by atoms with Crippen LogP contribution in [-0.4, -0.2) is 41.5 Å². The van der Waals surface area contributed by atoms with Crippen molar-refractivity contribution in [3.05, 3.63) is 35.4 Å². The Hall–Kier alpha value is -1.30. The van der Waals surface area contributed by atoms with Crippen LogP contribution in [0.3, 0.4) is 0 Å².